The van der Waals surface area contributed by atoms with Crippen LogP contribution in [0.2, 0.25) is 0 Å². The Balaban J connectivity index is 0.000000284. The van der Waals surface area contributed by atoms with E-state index < -0.39 is 47.6 Å². The summed E-state index contributed by atoms with van der Waals surface area (Å²) < 4.78 is 111. The number of unbranched alkanes of at least 4 members (excludes halogenated alkanes) is 2. The van der Waals surface area contributed by atoms with Crippen molar-refractivity contribution in [2.75, 3.05) is 38.4 Å². The van der Waals surface area contributed by atoms with Gasteiger partial charge in [0.25, 0.3) is 0 Å². The smallest absolute Gasteiger partial charge is 0.416 e. The highest BCUT2D eigenvalue weighted by Gasteiger charge is 2.41. The summed E-state index contributed by atoms with van der Waals surface area (Å²) in [6, 6.07) is 45.3. The highest BCUT2D eigenvalue weighted by atomic mass is 79.9. The molecule has 0 bridgehead atoms. The number of ether oxygens (including phenoxy) is 5. The molecular formula is C69H75BrF6N4O12. The summed E-state index contributed by atoms with van der Waals surface area (Å²) in [5.74, 6) is 0.138. The second-order valence-electron chi connectivity index (χ2n) is 20.6. The van der Waals surface area contributed by atoms with Crippen molar-refractivity contribution in [1.82, 2.24) is 20.1 Å². The van der Waals surface area contributed by atoms with Gasteiger partial charge in [0.15, 0.2) is 0 Å². The van der Waals surface area contributed by atoms with Crippen molar-refractivity contribution >= 4 is 39.9 Å². The molecule has 2 aliphatic heterocycles. The molecule has 4 heterocycles. The molecule has 2 saturated heterocycles. The van der Waals surface area contributed by atoms with E-state index in [1.165, 1.54) is 34.5 Å². The highest BCUT2D eigenvalue weighted by Crippen LogP contribution is 2.35. The lowest BCUT2D eigenvalue weighted by Crippen LogP contribution is -2.40. The van der Waals surface area contributed by atoms with Crippen LogP contribution in [0.15, 0.2) is 191 Å². The molecule has 2 aromatic heterocycles. The molecule has 2 fully saturated rings. The Morgan fingerprint density at radius 2 is 0.859 bits per heavy atom. The third-order valence-electron chi connectivity index (χ3n) is 14.3. The summed E-state index contributed by atoms with van der Waals surface area (Å²) in [5.41, 5.74) is 3.47. The maximum Gasteiger partial charge on any atom is 0.416 e. The second kappa shape index (κ2) is 36.1. The summed E-state index contributed by atoms with van der Waals surface area (Å²) in [6.07, 6.45) is -2.57. The number of phenols is 1. The zero-order chi connectivity index (χ0) is 63.2. The van der Waals surface area contributed by atoms with Crippen molar-refractivity contribution in [3.8, 4) is 23.0 Å². The Morgan fingerprint density at radius 3 is 1.20 bits per heavy atom. The van der Waals surface area contributed by atoms with E-state index in [9.17, 15) is 45.5 Å². The van der Waals surface area contributed by atoms with Crippen LogP contribution in [-0.2, 0) is 44.3 Å². The number of amides is 4. The molecule has 92 heavy (non-hydrogen) atoms. The largest absolute Gasteiger partial charge is 0.508 e. The monoisotopic (exact) mass is 1340 g/mol. The lowest BCUT2D eigenvalue weighted by molar-refractivity contribution is -0.138. The summed E-state index contributed by atoms with van der Waals surface area (Å²) >= 11 is 3.42. The van der Waals surface area contributed by atoms with Gasteiger partial charge in [-0.15, -0.1) is 0 Å². The van der Waals surface area contributed by atoms with E-state index in [0.717, 1.165) is 82.6 Å². The Labute approximate surface area is 539 Å². The molecule has 6 aromatic carbocycles. The number of aromatic nitrogens is 2. The molecule has 4 amide bonds. The zero-order valence-corrected chi connectivity index (χ0v) is 49.5. The normalized spacial score (nSPS) is 14.9. The molecule has 10 rings (SSSR count). The maximum absolute atomic E-state index is 13.5. The molecule has 0 radical (unpaired) electrons. The van der Waals surface area contributed by atoms with Crippen LogP contribution in [0.1, 0.15) is 117 Å². The molecule has 1 N–H and O–H groups in total. The summed E-state index contributed by atoms with van der Waals surface area (Å²) in [4.78, 5) is 54.2. The van der Waals surface area contributed by atoms with E-state index in [1.807, 2.05) is 97.1 Å². The molecule has 23 heteroatoms. The Morgan fingerprint density at radius 1 is 0.511 bits per heavy atom. The molecular weight excluding hydrogens is 1270 g/mol. The Hall–Kier alpha value is -9.12. The first-order chi connectivity index (χ1) is 42.9. The SMILES string of the molecule is C.C.C.O=C(C[C@@H](c1ccc(OCCCCBr)cc1)c1ccon1)N1C(=O)OC[C@@H]1Cc1ccccc1.O=C(C[C@@H](c1ccc(OCCCCOc2ccc(C(F)(F)F)cc2)cc1)c1ccon1)N1C(=O)OC[C@@H]1Cc1ccccc1.Oc1ccc(C(F)(F)F)cc1. The lowest BCUT2D eigenvalue weighted by atomic mass is 9.91. The number of aromatic hydroxyl groups is 1. The van der Waals surface area contributed by atoms with Gasteiger partial charge in [0.1, 0.15) is 48.7 Å². The minimum Gasteiger partial charge on any atom is -0.508 e. The number of nitrogens with zero attached hydrogens (tertiary/aromatic N) is 4. The van der Waals surface area contributed by atoms with Crippen molar-refractivity contribution < 1.29 is 83.4 Å². The highest BCUT2D eigenvalue weighted by molar-refractivity contribution is 9.09. The van der Waals surface area contributed by atoms with E-state index in [0.29, 0.717) is 68.4 Å². The van der Waals surface area contributed by atoms with Crippen molar-refractivity contribution in [3.05, 3.63) is 227 Å². The minimum absolute atomic E-state index is 0. The van der Waals surface area contributed by atoms with E-state index in [4.69, 9.17) is 37.8 Å². The Bertz CT molecular complexity index is 3440. The third-order valence-corrected chi connectivity index (χ3v) is 14.8. The van der Waals surface area contributed by atoms with Gasteiger partial charge in [-0.2, -0.15) is 26.3 Å². The van der Waals surface area contributed by atoms with Crippen LogP contribution < -0.4 is 14.2 Å². The van der Waals surface area contributed by atoms with Gasteiger partial charge < -0.3 is 37.8 Å². The molecule has 2 aliphatic rings. The second-order valence-corrected chi connectivity index (χ2v) is 21.4. The first-order valence-corrected chi connectivity index (χ1v) is 29.6. The van der Waals surface area contributed by atoms with Crippen LogP contribution in [0.4, 0.5) is 35.9 Å². The summed E-state index contributed by atoms with van der Waals surface area (Å²) in [5, 5.41) is 17.7. The fourth-order valence-corrected chi connectivity index (χ4v) is 10.1. The number of imide groups is 2. The number of cyclic esters (lactones) is 2. The van der Waals surface area contributed by atoms with E-state index >= 15 is 0 Å². The van der Waals surface area contributed by atoms with E-state index in [1.54, 1.807) is 24.3 Å². The average molecular weight is 1350 g/mol. The molecule has 492 valence electrons. The summed E-state index contributed by atoms with van der Waals surface area (Å²) in [6.45, 7) is 1.74. The molecule has 0 aliphatic carbocycles. The van der Waals surface area contributed by atoms with Crippen LogP contribution in [0.3, 0.4) is 0 Å². The number of benzene rings is 6. The van der Waals surface area contributed by atoms with Gasteiger partial charge in [0.2, 0.25) is 11.8 Å². The van der Waals surface area contributed by atoms with Crippen molar-refractivity contribution in [1.29, 1.82) is 0 Å². The number of phenolic OH excluding ortho intramolecular Hbond substituents is 1. The van der Waals surface area contributed by atoms with Crippen LogP contribution in [0, 0.1) is 0 Å². The topological polar surface area (TPSA) is 193 Å². The van der Waals surface area contributed by atoms with Gasteiger partial charge in [-0.1, -0.05) is 133 Å². The van der Waals surface area contributed by atoms with Crippen molar-refractivity contribution in [2.45, 2.75) is 110 Å². The number of halogens is 7. The van der Waals surface area contributed by atoms with Gasteiger partial charge >= 0.3 is 24.5 Å². The van der Waals surface area contributed by atoms with Crippen LogP contribution in [-0.4, -0.2) is 99.7 Å². The molecule has 0 saturated carbocycles. The quantitative estimate of drug-likeness (QED) is 0.0341. The summed E-state index contributed by atoms with van der Waals surface area (Å²) in [7, 11) is 0. The fraction of sp³-hybridized carbons (Fsp3) is 0.333. The first-order valence-electron chi connectivity index (χ1n) is 28.5. The van der Waals surface area contributed by atoms with Gasteiger partial charge in [-0.3, -0.25) is 9.59 Å². The van der Waals surface area contributed by atoms with E-state index in [2.05, 4.69) is 26.2 Å². The molecule has 0 unspecified atom stereocenters. The number of alkyl halides is 7. The molecule has 8 aromatic rings. The standard InChI is InChI=1S/C33H31F3N2O6.C26H27BrN2O5.C7H5F3O.3CH4/c34-33(35,36)25-10-14-28(15-11-25)42-18-5-4-17-41-27-12-8-24(9-13-27)29(30-16-19-44-37-30)21-31(39)38-26(22-43-32(38)40)20-23-6-2-1-3-7-23;27-13-4-5-14-32-22-10-8-20(9-11-22)23(24-12-15-34-28-24)17-25(30)29-21(18-33-26(29)31)16-19-6-2-1-3-7-19;8-7(9,10)5-1-3-6(11)4-2-5;;;/h1-3,6-16,19,26,29H,4-5,17-18,20-22H2;1-3,6-12,15,21,23H,4-5,13-14,16-18H2;1-4,11H;3*1H4/t26-,29-;21-,23-;;;;/m00..../s1. The number of carbonyl (C=O) groups excluding carboxylic acids is 4. The number of hydrogen-bond acceptors (Lipinski definition) is 14. The van der Waals surface area contributed by atoms with Crippen LogP contribution in [0.25, 0.3) is 0 Å². The van der Waals surface area contributed by atoms with Crippen molar-refractivity contribution in [3.63, 3.8) is 0 Å². The lowest BCUT2D eigenvalue weighted by Gasteiger charge is -2.22. The van der Waals surface area contributed by atoms with Crippen LogP contribution in [0.5, 0.6) is 23.0 Å². The molecule has 16 nitrogen and oxygen atoms in total. The predicted octanol–water partition coefficient (Wildman–Crippen LogP) is 16.7. The average Bonchev–Trinajstić information content (AvgIpc) is 1.67. The Kier molecular flexibility index (Phi) is 28.9. The number of hydrogen-bond donors (Lipinski definition) is 1. The predicted molar refractivity (Wildman–Crippen MR) is 337 cm³/mol. The number of rotatable bonds is 24. The van der Waals surface area contributed by atoms with Gasteiger partial charge in [-0.05, 0) is 134 Å². The molecule has 0 spiro atoms. The number of carbonyl (C=O) groups is 4. The van der Waals surface area contributed by atoms with Crippen molar-refractivity contribution in [2.24, 2.45) is 0 Å². The van der Waals surface area contributed by atoms with Gasteiger partial charge in [0.05, 0.1) is 54.4 Å². The third kappa shape index (κ3) is 21.8. The fourth-order valence-electron chi connectivity index (χ4n) is 9.69. The van der Waals surface area contributed by atoms with Gasteiger partial charge in [0, 0.05) is 42.1 Å². The van der Waals surface area contributed by atoms with Gasteiger partial charge in [-0.25, -0.2) is 19.4 Å². The maximum atomic E-state index is 13.5. The minimum atomic E-state index is -4.38. The molecule has 4 atom stereocenters. The van der Waals surface area contributed by atoms with E-state index in [-0.39, 0.29) is 77.9 Å². The van der Waals surface area contributed by atoms with Crippen LogP contribution >= 0.6 is 15.9 Å². The zero-order valence-electron chi connectivity index (χ0n) is 47.9. The first kappa shape index (κ1) is 73.6.